The molecule has 0 spiro atoms. The molecular weight excluding hydrogens is 334 g/mol. The van der Waals surface area contributed by atoms with Gasteiger partial charge in [0.05, 0.1) is 11.9 Å². The molecule has 1 fully saturated rings. The second kappa shape index (κ2) is 7.74. The van der Waals surface area contributed by atoms with Crippen LogP contribution in [0.15, 0.2) is 66.2 Å². The summed E-state index contributed by atoms with van der Waals surface area (Å²) in [6, 6.07) is 15.1. The van der Waals surface area contributed by atoms with Gasteiger partial charge in [0.25, 0.3) is 0 Å². The third-order valence-electron chi connectivity index (χ3n) is 5.19. The molecular formula is C22H25N5. The van der Waals surface area contributed by atoms with E-state index in [2.05, 4.69) is 36.0 Å². The van der Waals surface area contributed by atoms with Gasteiger partial charge >= 0.3 is 0 Å². The van der Waals surface area contributed by atoms with Crippen molar-refractivity contribution in [3.63, 3.8) is 0 Å². The van der Waals surface area contributed by atoms with Crippen LogP contribution >= 0.6 is 0 Å². The summed E-state index contributed by atoms with van der Waals surface area (Å²) in [6.07, 6.45) is 11.3. The van der Waals surface area contributed by atoms with Crippen LogP contribution < -0.4 is 0 Å². The summed E-state index contributed by atoms with van der Waals surface area (Å²) in [7, 11) is 0. The third kappa shape index (κ3) is 3.77. The topological polar surface area (TPSA) is 46.3 Å². The number of para-hydroxylation sites is 1. The number of aromatic nitrogens is 3. The van der Waals surface area contributed by atoms with Gasteiger partial charge in [-0.05, 0) is 57.4 Å². The van der Waals surface area contributed by atoms with Gasteiger partial charge in [-0.25, -0.2) is 4.68 Å². The van der Waals surface area contributed by atoms with E-state index in [1.165, 1.54) is 19.3 Å². The average Bonchev–Trinajstić information content (AvgIpc) is 3.13. The highest BCUT2D eigenvalue weighted by Gasteiger charge is 2.23. The second-order valence-electron chi connectivity index (χ2n) is 7.20. The van der Waals surface area contributed by atoms with Gasteiger partial charge in [-0.3, -0.25) is 9.99 Å². The van der Waals surface area contributed by atoms with E-state index in [1.807, 2.05) is 47.4 Å². The molecule has 3 heterocycles. The molecule has 0 unspecified atom stereocenters. The Balaban J connectivity index is 1.72. The number of hydrogen-bond donors (Lipinski definition) is 0. The maximum absolute atomic E-state index is 4.85. The Morgan fingerprint density at radius 3 is 2.41 bits per heavy atom. The molecule has 0 radical (unpaired) electrons. The van der Waals surface area contributed by atoms with Crippen LogP contribution in [-0.4, -0.2) is 38.1 Å². The van der Waals surface area contributed by atoms with Crippen molar-refractivity contribution in [3.05, 3.63) is 66.6 Å². The zero-order valence-corrected chi connectivity index (χ0v) is 15.9. The zero-order chi connectivity index (χ0) is 18.6. The minimum atomic E-state index is 0.471. The summed E-state index contributed by atoms with van der Waals surface area (Å²) in [5.74, 6) is 0. The lowest BCUT2D eigenvalue weighted by atomic mass is 10.00. The largest absolute Gasteiger partial charge is 0.292 e. The summed E-state index contributed by atoms with van der Waals surface area (Å²) >= 11 is 0. The molecule has 3 aromatic rings. The maximum atomic E-state index is 4.85. The van der Waals surface area contributed by atoms with Gasteiger partial charge in [-0.1, -0.05) is 18.2 Å². The van der Waals surface area contributed by atoms with Gasteiger partial charge in [0.1, 0.15) is 5.69 Å². The number of hydrogen-bond acceptors (Lipinski definition) is 4. The van der Waals surface area contributed by atoms with E-state index >= 15 is 0 Å². The molecule has 5 heteroatoms. The lowest BCUT2D eigenvalue weighted by Crippen LogP contribution is -2.39. The van der Waals surface area contributed by atoms with Crippen molar-refractivity contribution in [2.24, 2.45) is 5.10 Å². The van der Waals surface area contributed by atoms with Crippen LogP contribution in [-0.2, 0) is 0 Å². The van der Waals surface area contributed by atoms with Crippen molar-refractivity contribution in [2.75, 3.05) is 0 Å². The van der Waals surface area contributed by atoms with E-state index in [4.69, 9.17) is 10.2 Å². The number of rotatable bonds is 4. The first-order valence-electron chi connectivity index (χ1n) is 9.60. The van der Waals surface area contributed by atoms with Crippen LogP contribution in [0, 0.1) is 0 Å². The molecule has 1 aliphatic heterocycles. The summed E-state index contributed by atoms with van der Waals surface area (Å²) in [5, 5.41) is 11.9. The first-order chi connectivity index (χ1) is 13.2. The summed E-state index contributed by atoms with van der Waals surface area (Å²) in [4.78, 5) is 4.13. The van der Waals surface area contributed by atoms with Crippen molar-refractivity contribution in [2.45, 2.75) is 45.2 Å². The predicted octanol–water partition coefficient (Wildman–Crippen LogP) is 4.53. The van der Waals surface area contributed by atoms with Gasteiger partial charge in [0, 0.05) is 41.8 Å². The molecule has 0 amide bonds. The lowest BCUT2D eigenvalue weighted by Gasteiger charge is -2.36. The van der Waals surface area contributed by atoms with Crippen molar-refractivity contribution >= 4 is 6.21 Å². The molecule has 2 aromatic heterocycles. The minimum Gasteiger partial charge on any atom is -0.292 e. The second-order valence-corrected chi connectivity index (χ2v) is 7.20. The first-order valence-corrected chi connectivity index (χ1v) is 9.60. The summed E-state index contributed by atoms with van der Waals surface area (Å²) in [6.45, 7) is 4.51. The van der Waals surface area contributed by atoms with Gasteiger partial charge in [0.15, 0.2) is 0 Å². The number of piperidine rings is 1. The average molecular weight is 359 g/mol. The normalized spacial score (nSPS) is 20.3. The smallest absolute Gasteiger partial charge is 0.102 e. The van der Waals surface area contributed by atoms with Crippen LogP contribution in [0.2, 0.25) is 0 Å². The highest BCUT2D eigenvalue weighted by molar-refractivity contribution is 5.88. The molecule has 138 valence electrons. The lowest BCUT2D eigenvalue weighted by molar-refractivity contribution is 0.109. The third-order valence-corrected chi connectivity index (χ3v) is 5.19. The highest BCUT2D eigenvalue weighted by atomic mass is 15.5. The fourth-order valence-electron chi connectivity index (χ4n) is 3.69. The quantitative estimate of drug-likeness (QED) is 0.643. The Morgan fingerprint density at radius 2 is 1.70 bits per heavy atom. The predicted molar refractivity (Wildman–Crippen MR) is 109 cm³/mol. The van der Waals surface area contributed by atoms with Crippen molar-refractivity contribution in [1.29, 1.82) is 0 Å². The van der Waals surface area contributed by atoms with Gasteiger partial charge in [-0.15, -0.1) is 0 Å². The van der Waals surface area contributed by atoms with Gasteiger partial charge < -0.3 is 0 Å². The molecule has 1 aromatic carbocycles. The SMILES string of the molecule is C[C@@H]1CCC[C@H](C)N1/N=C\c1cn(-c2ccccc2)nc1-c1ccncc1. The number of hydrazone groups is 1. The standard InChI is InChI=1S/C22H25N5/c1-17-7-6-8-18(2)27(17)24-15-20-16-26(21-9-4-3-5-10-21)25-22(20)19-11-13-23-14-12-19/h3-5,9-18H,6-8H2,1-2H3/b24-15-/t17-,18+. The molecule has 4 rings (SSSR count). The molecule has 27 heavy (non-hydrogen) atoms. The Kier molecular flexibility index (Phi) is 5.01. The molecule has 0 bridgehead atoms. The molecule has 0 N–H and O–H groups in total. The summed E-state index contributed by atoms with van der Waals surface area (Å²) < 4.78 is 1.92. The monoisotopic (exact) mass is 359 g/mol. The molecule has 0 aliphatic carbocycles. The van der Waals surface area contributed by atoms with E-state index < -0.39 is 0 Å². The first kappa shape index (κ1) is 17.5. The highest BCUT2D eigenvalue weighted by Crippen LogP contribution is 2.25. The molecule has 0 saturated carbocycles. The van der Waals surface area contributed by atoms with Crippen LogP contribution in [0.4, 0.5) is 0 Å². The zero-order valence-electron chi connectivity index (χ0n) is 15.9. The van der Waals surface area contributed by atoms with Crippen LogP contribution in [0.1, 0.15) is 38.7 Å². The van der Waals surface area contributed by atoms with Gasteiger partial charge in [0.2, 0.25) is 0 Å². The fourth-order valence-corrected chi connectivity index (χ4v) is 3.69. The number of benzene rings is 1. The Bertz CT molecular complexity index is 891. The van der Waals surface area contributed by atoms with Crippen LogP contribution in [0.25, 0.3) is 16.9 Å². The van der Waals surface area contributed by atoms with E-state index in [9.17, 15) is 0 Å². The number of pyridine rings is 1. The molecule has 2 atom stereocenters. The molecule has 5 nitrogen and oxygen atoms in total. The van der Waals surface area contributed by atoms with Crippen LogP contribution in [0.3, 0.4) is 0 Å². The van der Waals surface area contributed by atoms with E-state index in [-0.39, 0.29) is 0 Å². The minimum absolute atomic E-state index is 0.471. The van der Waals surface area contributed by atoms with Gasteiger partial charge in [-0.2, -0.15) is 10.2 Å². The maximum Gasteiger partial charge on any atom is 0.102 e. The van der Waals surface area contributed by atoms with Crippen molar-refractivity contribution in [1.82, 2.24) is 19.8 Å². The molecule has 1 aliphatic rings. The summed E-state index contributed by atoms with van der Waals surface area (Å²) in [5.41, 5.74) is 4.00. The van der Waals surface area contributed by atoms with Crippen molar-refractivity contribution in [3.8, 4) is 16.9 Å². The van der Waals surface area contributed by atoms with Crippen molar-refractivity contribution < 1.29 is 0 Å². The Morgan fingerprint density at radius 1 is 1.00 bits per heavy atom. The molecule has 1 saturated heterocycles. The van der Waals surface area contributed by atoms with Crippen LogP contribution in [0.5, 0.6) is 0 Å². The fraction of sp³-hybridized carbons (Fsp3) is 0.318. The number of nitrogens with zero attached hydrogens (tertiary/aromatic N) is 5. The Labute approximate surface area is 160 Å². The van der Waals surface area contributed by atoms with E-state index in [0.29, 0.717) is 12.1 Å². The van der Waals surface area contributed by atoms with E-state index in [0.717, 1.165) is 22.5 Å². The Hall–Kier alpha value is -2.95. The van der Waals surface area contributed by atoms with E-state index in [1.54, 1.807) is 12.4 Å².